The van der Waals surface area contributed by atoms with Gasteiger partial charge in [0.1, 0.15) is 5.69 Å². The van der Waals surface area contributed by atoms with Gasteiger partial charge in [0, 0.05) is 30.2 Å². The number of nitrogens with one attached hydrogen (secondary N) is 1. The van der Waals surface area contributed by atoms with Crippen molar-refractivity contribution >= 4 is 0 Å². The van der Waals surface area contributed by atoms with Crippen LogP contribution in [0.4, 0.5) is 0 Å². The summed E-state index contributed by atoms with van der Waals surface area (Å²) in [5, 5.41) is 14.2. The Labute approximate surface area is 218 Å². The zero-order chi connectivity index (χ0) is 25.5. The number of imidazole rings is 1. The molecule has 0 unspecified atom stereocenters. The summed E-state index contributed by atoms with van der Waals surface area (Å²) < 4.78 is 3.96. The smallest absolute Gasteiger partial charge is 0.299 e. The minimum absolute atomic E-state index is 0.124. The summed E-state index contributed by atoms with van der Waals surface area (Å²) in [5.41, 5.74) is 5.09. The molecule has 0 bridgehead atoms. The molecule has 0 saturated heterocycles. The van der Waals surface area contributed by atoms with Crippen molar-refractivity contribution in [2.45, 2.75) is 84.2 Å². The van der Waals surface area contributed by atoms with Gasteiger partial charge in [-0.25, -0.2) is 9.89 Å². The van der Waals surface area contributed by atoms with E-state index in [-0.39, 0.29) is 5.69 Å². The molecule has 0 spiro atoms. The Morgan fingerprint density at radius 3 is 2.65 bits per heavy atom. The minimum Gasteiger partial charge on any atom is -0.299 e. The number of pyridine rings is 1. The second-order valence-corrected chi connectivity index (χ2v) is 10.3. The van der Waals surface area contributed by atoms with Crippen molar-refractivity contribution in [2.24, 2.45) is 5.92 Å². The number of tetrazole rings is 1. The third-order valence-corrected chi connectivity index (χ3v) is 7.65. The third kappa shape index (κ3) is 6.06. The van der Waals surface area contributed by atoms with Gasteiger partial charge >= 0.3 is 5.69 Å². The molecular weight excluding hydrogens is 462 g/mol. The van der Waals surface area contributed by atoms with E-state index in [0.717, 1.165) is 54.1 Å². The van der Waals surface area contributed by atoms with E-state index in [1.807, 2.05) is 21.3 Å². The fourth-order valence-electron chi connectivity index (χ4n) is 5.52. The molecule has 5 rings (SSSR count). The molecule has 0 atom stereocenters. The molecule has 37 heavy (non-hydrogen) atoms. The van der Waals surface area contributed by atoms with Crippen molar-refractivity contribution in [2.75, 3.05) is 0 Å². The first kappa shape index (κ1) is 25.1. The molecule has 1 fully saturated rings. The zero-order valence-corrected chi connectivity index (χ0v) is 21.8. The van der Waals surface area contributed by atoms with Crippen LogP contribution in [0.3, 0.4) is 0 Å². The molecule has 3 aromatic heterocycles. The Morgan fingerprint density at radius 2 is 1.89 bits per heavy atom. The van der Waals surface area contributed by atoms with Crippen LogP contribution in [0, 0.1) is 5.92 Å². The molecule has 1 aromatic carbocycles. The fourth-order valence-corrected chi connectivity index (χ4v) is 5.52. The molecule has 194 valence electrons. The average molecular weight is 500 g/mol. The Balaban J connectivity index is 1.35. The highest BCUT2D eigenvalue weighted by Crippen LogP contribution is 2.28. The number of hydrogen-bond acceptors (Lipinski definition) is 5. The maximum atomic E-state index is 13.5. The van der Waals surface area contributed by atoms with E-state index in [0.29, 0.717) is 18.1 Å². The van der Waals surface area contributed by atoms with Crippen LogP contribution in [-0.4, -0.2) is 34.7 Å². The lowest BCUT2D eigenvalue weighted by Gasteiger charge is -2.21. The van der Waals surface area contributed by atoms with Gasteiger partial charge in [-0.1, -0.05) is 82.2 Å². The predicted molar refractivity (Wildman–Crippen MR) is 145 cm³/mol. The highest BCUT2D eigenvalue weighted by molar-refractivity contribution is 5.77. The van der Waals surface area contributed by atoms with E-state index in [1.54, 1.807) is 6.20 Å². The molecule has 1 saturated carbocycles. The Kier molecular flexibility index (Phi) is 8.23. The van der Waals surface area contributed by atoms with Gasteiger partial charge in [-0.15, -0.1) is 5.10 Å². The van der Waals surface area contributed by atoms with Crippen LogP contribution in [-0.2, 0) is 19.5 Å². The number of benzene rings is 1. The lowest BCUT2D eigenvalue weighted by Crippen LogP contribution is -2.26. The Hall–Kier alpha value is -3.55. The minimum atomic E-state index is 0.124. The molecular formula is C29H37N7O. The number of aromatic nitrogens is 7. The summed E-state index contributed by atoms with van der Waals surface area (Å²) in [4.78, 5) is 17.9. The first-order chi connectivity index (χ1) is 18.2. The summed E-state index contributed by atoms with van der Waals surface area (Å²) in [5.74, 6) is 1.31. The molecule has 4 aromatic rings. The third-order valence-electron chi connectivity index (χ3n) is 7.65. The van der Waals surface area contributed by atoms with Crippen molar-refractivity contribution in [1.29, 1.82) is 0 Å². The maximum absolute atomic E-state index is 13.5. The van der Waals surface area contributed by atoms with Gasteiger partial charge in [-0.2, -0.15) is 0 Å². The van der Waals surface area contributed by atoms with E-state index in [1.165, 1.54) is 44.9 Å². The van der Waals surface area contributed by atoms with Gasteiger partial charge in [-0.3, -0.25) is 14.1 Å². The summed E-state index contributed by atoms with van der Waals surface area (Å²) >= 11 is 0. The fraction of sp³-hybridized carbons (Fsp3) is 0.483. The number of rotatable bonds is 11. The molecule has 8 heteroatoms. The first-order valence-electron chi connectivity index (χ1n) is 13.8. The van der Waals surface area contributed by atoms with Crippen LogP contribution in [0.25, 0.3) is 22.6 Å². The molecule has 0 radical (unpaired) electrons. The first-order valence-corrected chi connectivity index (χ1v) is 13.8. The van der Waals surface area contributed by atoms with Gasteiger partial charge < -0.3 is 0 Å². The number of nitrogens with zero attached hydrogens (tertiary/aromatic N) is 6. The molecule has 1 N–H and O–H groups in total. The monoisotopic (exact) mass is 499 g/mol. The second kappa shape index (κ2) is 12.1. The highest BCUT2D eigenvalue weighted by Gasteiger charge is 2.17. The van der Waals surface area contributed by atoms with Crippen molar-refractivity contribution in [1.82, 2.24) is 34.7 Å². The molecule has 8 nitrogen and oxygen atoms in total. The van der Waals surface area contributed by atoms with Gasteiger partial charge in [0.2, 0.25) is 0 Å². The summed E-state index contributed by atoms with van der Waals surface area (Å²) in [6, 6.07) is 12.3. The van der Waals surface area contributed by atoms with Crippen LogP contribution in [0.5, 0.6) is 0 Å². The van der Waals surface area contributed by atoms with Gasteiger partial charge in [0.15, 0.2) is 5.82 Å². The number of aromatic amines is 1. The normalized spacial score (nSPS) is 14.3. The number of unbranched alkanes of at least 4 members (excludes halogenated alkanes) is 2. The molecule has 0 amide bonds. The number of hydrogen-bond donors (Lipinski definition) is 1. The molecule has 3 heterocycles. The van der Waals surface area contributed by atoms with Crippen LogP contribution in [0.15, 0.2) is 53.6 Å². The van der Waals surface area contributed by atoms with Gasteiger partial charge in [-0.05, 0) is 52.8 Å². The topological polar surface area (TPSA) is 94.3 Å². The van der Waals surface area contributed by atoms with E-state index < -0.39 is 0 Å². The van der Waals surface area contributed by atoms with E-state index >= 15 is 0 Å². The Bertz CT molecular complexity index is 1320. The zero-order valence-electron chi connectivity index (χ0n) is 21.8. The Morgan fingerprint density at radius 1 is 1.05 bits per heavy atom. The van der Waals surface area contributed by atoms with Crippen molar-refractivity contribution in [3.05, 3.63) is 70.5 Å². The molecule has 1 aliphatic carbocycles. The summed E-state index contributed by atoms with van der Waals surface area (Å²) in [6.07, 6.45) is 16.1. The standard InChI is InChI=1S/C29H37N7O/c1-2-3-5-11-25-21-35(19-17-22-9-6-4-7-10-22)29(37)36(25)20-23-13-15-24(16-14-23)26-12-8-18-30-27(26)28-31-33-34-32-28/h8,12-16,18,21-22H,2-7,9-11,17,19-20H2,1H3,(H,31,32,33,34). The molecule has 0 aliphatic heterocycles. The van der Waals surface area contributed by atoms with Crippen LogP contribution >= 0.6 is 0 Å². The lowest BCUT2D eigenvalue weighted by atomic mass is 9.87. The second-order valence-electron chi connectivity index (χ2n) is 10.3. The SMILES string of the molecule is CCCCCc1cn(CCC2CCCCC2)c(=O)n1Cc1ccc(-c2cccnc2-c2nnn[nH]2)cc1. The van der Waals surface area contributed by atoms with Crippen LogP contribution in [0.2, 0.25) is 0 Å². The van der Waals surface area contributed by atoms with Crippen LogP contribution in [0.1, 0.15) is 76.0 Å². The maximum Gasteiger partial charge on any atom is 0.328 e. The summed E-state index contributed by atoms with van der Waals surface area (Å²) in [6.45, 7) is 3.63. The number of aryl methyl sites for hydroxylation is 2. The number of H-pyrrole nitrogens is 1. The summed E-state index contributed by atoms with van der Waals surface area (Å²) in [7, 11) is 0. The van der Waals surface area contributed by atoms with Gasteiger partial charge in [0.25, 0.3) is 0 Å². The van der Waals surface area contributed by atoms with Crippen molar-refractivity contribution < 1.29 is 0 Å². The largest absolute Gasteiger partial charge is 0.328 e. The lowest BCUT2D eigenvalue weighted by molar-refractivity contribution is 0.322. The van der Waals surface area contributed by atoms with Crippen LogP contribution < -0.4 is 5.69 Å². The highest BCUT2D eigenvalue weighted by atomic mass is 16.1. The van der Waals surface area contributed by atoms with E-state index in [2.05, 4.69) is 63.0 Å². The van der Waals surface area contributed by atoms with E-state index in [4.69, 9.17) is 0 Å². The average Bonchev–Trinajstić information content (AvgIpc) is 3.58. The predicted octanol–water partition coefficient (Wildman–Crippen LogP) is 5.64. The van der Waals surface area contributed by atoms with Crippen molar-refractivity contribution in [3.8, 4) is 22.6 Å². The quantitative estimate of drug-likeness (QED) is 0.269. The van der Waals surface area contributed by atoms with Crippen molar-refractivity contribution in [3.63, 3.8) is 0 Å². The van der Waals surface area contributed by atoms with Gasteiger partial charge in [0.05, 0.1) is 6.54 Å². The molecule has 1 aliphatic rings. The van der Waals surface area contributed by atoms with E-state index in [9.17, 15) is 4.79 Å².